The SMILES string of the molecule is COc1nc(C(O)=C2C(=O)C3CCC(C3)C2=O)ccc1C(F)(F)F. The number of nitrogens with zero attached hydrogens (tertiary/aromatic N) is 1. The molecule has 0 amide bonds. The molecule has 0 aliphatic heterocycles. The number of alkyl halides is 3. The maximum absolute atomic E-state index is 12.9. The molecule has 24 heavy (non-hydrogen) atoms. The second kappa shape index (κ2) is 5.61. The molecule has 1 aromatic heterocycles. The molecule has 2 unspecified atom stereocenters. The van der Waals surface area contributed by atoms with Crippen LogP contribution < -0.4 is 4.74 Å². The molecule has 0 spiro atoms. The summed E-state index contributed by atoms with van der Waals surface area (Å²) in [5.74, 6) is -2.99. The van der Waals surface area contributed by atoms with Crippen molar-refractivity contribution in [3.8, 4) is 5.88 Å². The number of hydrogen-bond acceptors (Lipinski definition) is 5. The summed E-state index contributed by atoms with van der Waals surface area (Å²) >= 11 is 0. The van der Waals surface area contributed by atoms with Gasteiger partial charge in [0.05, 0.1) is 7.11 Å². The summed E-state index contributed by atoms with van der Waals surface area (Å²) in [5, 5.41) is 10.3. The Kier molecular flexibility index (Phi) is 3.85. The van der Waals surface area contributed by atoms with Gasteiger partial charge in [0.2, 0.25) is 5.88 Å². The fraction of sp³-hybridized carbons (Fsp3) is 0.438. The zero-order valence-corrected chi connectivity index (χ0v) is 12.7. The molecule has 2 saturated carbocycles. The van der Waals surface area contributed by atoms with Crippen LogP contribution in [0.5, 0.6) is 5.88 Å². The van der Waals surface area contributed by atoms with E-state index >= 15 is 0 Å². The van der Waals surface area contributed by atoms with E-state index in [1.54, 1.807) is 0 Å². The van der Waals surface area contributed by atoms with E-state index in [0.717, 1.165) is 13.2 Å². The van der Waals surface area contributed by atoms with E-state index in [4.69, 9.17) is 0 Å². The lowest BCUT2D eigenvalue weighted by Crippen LogP contribution is -2.30. The molecule has 128 valence electrons. The van der Waals surface area contributed by atoms with Crippen LogP contribution in [0.3, 0.4) is 0 Å². The Balaban J connectivity index is 2.08. The van der Waals surface area contributed by atoms with Crippen LogP contribution in [-0.4, -0.2) is 28.8 Å². The minimum Gasteiger partial charge on any atom is -0.505 e. The number of halogens is 3. The highest BCUT2D eigenvalue weighted by molar-refractivity contribution is 6.27. The predicted octanol–water partition coefficient (Wildman–Crippen LogP) is 2.95. The molecule has 3 rings (SSSR count). The summed E-state index contributed by atoms with van der Waals surface area (Å²) in [4.78, 5) is 28.2. The lowest BCUT2D eigenvalue weighted by molar-refractivity contribution is -0.139. The minimum atomic E-state index is -4.67. The number of pyridine rings is 1. The van der Waals surface area contributed by atoms with Gasteiger partial charge in [0, 0.05) is 11.8 Å². The Morgan fingerprint density at radius 2 is 1.79 bits per heavy atom. The van der Waals surface area contributed by atoms with Crippen molar-refractivity contribution in [2.45, 2.75) is 25.4 Å². The summed E-state index contributed by atoms with van der Waals surface area (Å²) in [6, 6.07) is 1.62. The molecular formula is C16H14F3NO4. The van der Waals surface area contributed by atoms with E-state index in [-0.39, 0.29) is 23.1 Å². The third kappa shape index (κ3) is 2.55. The maximum atomic E-state index is 12.9. The van der Waals surface area contributed by atoms with E-state index < -0.39 is 34.9 Å². The first-order valence-electron chi connectivity index (χ1n) is 7.38. The van der Waals surface area contributed by atoms with Crippen molar-refractivity contribution in [3.63, 3.8) is 0 Å². The number of ether oxygens (including phenoxy) is 1. The number of methoxy groups -OCH3 is 1. The number of rotatable bonds is 2. The van der Waals surface area contributed by atoms with Crippen molar-refractivity contribution in [1.29, 1.82) is 0 Å². The van der Waals surface area contributed by atoms with Gasteiger partial charge in [-0.05, 0) is 31.4 Å². The zero-order valence-electron chi connectivity index (χ0n) is 12.7. The van der Waals surface area contributed by atoms with Gasteiger partial charge in [-0.2, -0.15) is 13.2 Å². The number of ketones is 2. The molecule has 1 aromatic rings. The molecule has 2 fully saturated rings. The Morgan fingerprint density at radius 3 is 2.29 bits per heavy atom. The summed E-state index contributed by atoms with van der Waals surface area (Å²) in [6.07, 6.45) is -3.04. The van der Waals surface area contributed by atoms with Gasteiger partial charge in [0.25, 0.3) is 0 Å². The number of aliphatic hydroxyl groups is 1. The van der Waals surface area contributed by atoms with Crippen molar-refractivity contribution in [3.05, 3.63) is 29.0 Å². The molecule has 5 nitrogen and oxygen atoms in total. The van der Waals surface area contributed by atoms with E-state index in [2.05, 4.69) is 9.72 Å². The molecule has 0 aromatic carbocycles. The first kappa shape index (κ1) is 16.5. The van der Waals surface area contributed by atoms with Crippen molar-refractivity contribution in [2.24, 2.45) is 11.8 Å². The fourth-order valence-corrected chi connectivity index (χ4v) is 3.29. The van der Waals surface area contributed by atoms with E-state index in [0.29, 0.717) is 25.3 Å². The number of aromatic nitrogens is 1. The van der Waals surface area contributed by atoms with Crippen LogP contribution in [0.4, 0.5) is 13.2 Å². The molecule has 2 bridgehead atoms. The fourth-order valence-electron chi connectivity index (χ4n) is 3.29. The van der Waals surface area contributed by atoms with Crippen LogP contribution >= 0.6 is 0 Å². The van der Waals surface area contributed by atoms with E-state index in [1.807, 2.05) is 0 Å². The van der Waals surface area contributed by atoms with Crippen molar-refractivity contribution >= 4 is 17.3 Å². The van der Waals surface area contributed by atoms with E-state index in [9.17, 15) is 27.9 Å². The van der Waals surface area contributed by atoms with Crippen LogP contribution in [0.1, 0.15) is 30.5 Å². The lowest BCUT2D eigenvalue weighted by Gasteiger charge is -2.20. The highest BCUT2D eigenvalue weighted by atomic mass is 19.4. The normalized spacial score (nSPS) is 23.6. The van der Waals surface area contributed by atoms with Crippen LogP contribution in [0.15, 0.2) is 17.7 Å². The summed E-state index contributed by atoms with van der Waals surface area (Å²) < 4.78 is 43.2. The summed E-state index contributed by atoms with van der Waals surface area (Å²) in [5.41, 5.74) is -1.76. The van der Waals surface area contributed by atoms with Crippen LogP contribution in [-0.2, 0) is 15.8 Å². The average molecular weight is 341 g/mol. The first-order chi connectivity index (χ1) is 11.2. The monoisotopic (exact) mass is 341 g/mol. The maximum Gasteiger partial charge on any atom is 0.421 e. The quantitative estimate of drug-likeness (QED) is 0.508. The Hall–Kier alpha value is -2.38. The number of hydrogen-bond donors (Lipinski definition) is 1. The van der Waals surface area contributed by atoms with Gasteiger partial charge in [-0.25, -0.2) is 4.98 Å². The molecule has 1 heterocycles. The van der Waals surface area contributed by atoms with Crippen LogP contribution in [0.2, 0.25) is 0 Å². The van der Waals surface area contributed by atoms with Crippen molar-refractivity contribution in [1.82, 2.24) is 4.98 Å². The van der Waals surface area contributed by atoms with Gasteiger partial charge in [-0.15, -0.1) is 0 Å². The third-order valence-electron chi connectivity index (χ3n) is 4.51. The number of carbonyl (C=O) groups is 2. The lowest BCUT2D eigenvalue weighted by atomic mass is 9.82. The minimum absolute atomic E-state index is 0.294. The van der Waals surface area contributed by atoms with E-state index in [1.165, 1.54) is 0 Å². The molecule has 8 heteroatoms. The van der Waals surface area contributed by atoms with Crippen molar-refractivity contribution in [2.75, 3.05) is 7.11 Å². The highest BCUT2D eigenvalue weighted by Gasteiger charge is 2.45. The second-order valence-corrected chi connectivity index (χ2v) is 5.91. The van der Waals surface area contributed by atoms with Gasteiger partial charge >= 0.3 is 6.18 Å². The standard InChI is InChI=1S/C16H14F3NO4/c1-24-15-9(16(17,18)19)4-5-10(20-15)14(23)11-12(21)7-2-3-8(6-7)13(11)22/h4-5,7-8,23H,2-3,6H2,1H3. The number of allylic oxidation sites excluding steroid dienone is 1. The molecule has 1 N–H and O–H groups in total. The highest BCUT2D eigenvalue weighted by Crippen LogP contribution is 2.42. The van der Waals surface area contributed by atoms with Gasteiger partial charge in [-0.3, -0.25) is 9.59 Å². The summed E-state index contributed by atoms with van der Waals surface area (Å²) in [6.45, 7) is 0. The molecule has 2 atom stereocenters. The molecule has 2 aliphatic rings. The molecule has 0 radical (unpaired) electrons. The predicted molar refractivity (Wildman–Crippen MR) is 76.2 cm³/mol. The smallest absolute Gasteiger partial charge is 0.421 e. The molecule has 2 aliphatic carbocycles. The zero-order chi connectivity index (χ0) is 17.6. The molecule has 0 saturated heterocycles. The number of Topliss-reactive ketones (excluding diaryl/α,β-unsaturated/α-hetero) is 2. The Labute approximate surface area is 135 Å². The topological polar surface area (TPSA) is 76.5 Å². The Bertz CT molecular complexity index is 730. The van der Waals surface area contributed by atoms with Gasteiger partial charge in [0.1, 0.15) is 16.8 Å². The number of carbonyl (C=O) groups excluding carboxylic acids is 2. The van der Waals surface area contributed by atoms with Crippen LogP contribution in [0.25, 0.3) is 5.76 Å². The number of fused-ring (bicyclic) bond motifs is 2. The second-order valence-electron chi connectivity index (χ2n) is 5.91. The van der Waals surface area contributed by atoms with Gasteiger partial charge in [-0.1, -0.05) is 0 Å². The Morgan fingerprint density at radius 1 is 1.21 bits per heavy atom. The van der Waals surface area contributed by atoms with Crippen LogP contribution in [0, 0.1) is 11.8 Å². The average Bonchev–Trinajstić information content (AvgIpc) is 2.98. The number of aliphatic hydroxyl groups excluding tert-OH is 1. The van der Waals surface area contributed by atoms with Gasteiger partial charge < -0.3 is 9.84 Å². The third-order valence-corrected chi connectivity index (χ3v) is 4.51. The largest absolute Gasteiger partial charge is 0.505 e. The molecular weight excluding hydrogens is 327 g/mol. The first-order valence-corrected chi connectivity index (χ1v) is 7.38. The van der Waals surface area contributed by atoms with Crippen molar-refractivity contribution < 1.29 is 32.6 Å². The van der Waals surface area contributed by atoms with Gasteiger partial charge in [0.15, 0.2) is 17.3 Å². The summed E-state index contributed by atoms with van der Waals surface area (Å²) in [7, 11) is 1.02.